The highest BCUT2D eigenvalue weighted by Gasteiger charge is 2.21. The van der Waals surface area contributed by atoms with Gasteiger partial charge in [-0.3, -0.25) is 15.1 Å². The molecule has 0 bridgehead atoms. The van der Waals surface area contributed by atoms with Crippen LogP contribution in [0.3, 0.4) is 0 Å². The fourth-order valence-electron chi connectivity index (χ4n) is 4.26. The first kappa shape index (κ1) is 20.3. The Hall–Kier alpha value is -3.65. The molecule has 0 spiro atoms. The lowest BCUT2D eigenvalue weighted by Gasteiger charge is -2.21. The maximum Gasteiger partial charge on any atom is 0.159 e. The highest BCUT2D eigenvalue weighted by Crippen LogP contribution is 2.30. The summed E-state index contributed by atoms with van der Waals surface area (Å²) in [5.74, 6) is 0.736. The van der Waals surface area contributed by atoms with E-state index in [1.165, 1.54) is 18.3 Å². The van der Waals surface area contributed by atoms with Crippen LogP contribution in [0.15, 0.2) is 54.3 Å². The van der Waals surface area contributed by atoms with Crippen molar-refractivity contribution in [2.24, 2.45) is 4.99 Å². The van der Waals surface area contributed by atoms with Gasteiger partial charge in [0.25, 0.3) is 0 Å². The lowest BCUT2D eigenvalue weighted by Crippen LogP contribution is -2.27. The molecule has 3 aromatic heterocycles. The van der Waals surface area contributed by atoms with E-state index >= 15 is 0 Å². The molecule has 3 N–H and O–H groups in total. The van der Waals surface area contributed by atoms with Gasteiger partial charge in [-0.15, -0.1) is 0 Å². The van der Waals surface area contributed by atoms with Crippen LogP contribution in [0.5, 0.6) is 0 Å². The number of hydrogen-bond donors (Lipinski definition) is 3. The molecule has 8 heteroatoms. The molecule has 0 aliphatic carbocycles. The van der Waals surface area contributed by atoms with E-state index in [0.717, 1.165) is 53.9 Å². The summed E-state index contributed by atoms with van der Waals surface area (Å²) in [6.07, 6.45) is 5.43. The molecule has 4 aromatic rings. The number of benzene rings is 1. The van der Waals surface area contributed by atoms with Gasteiger partial charge in [0.1, 0.15) is 17.2 Å². The number of halogens is 1. The molecule has 0 atom stereocenters. The van der Waals surface area contributed by atoms with Gasteiger partial charge in [-0.2, -0.15) is 5.10 Å². The van der Waals surface area contributed by atoms with E-state index in [4.69, 9.17) is 4.98 Å². The van der Waals surface area contributed by atoms with Crippen LogP contribution in [0, 0.1) is 12.7 Å². The molecule has 0 radical (unpaired) electrons. The van der Waals surface area contributed by atoms with Crippen LogP contribution >= 0.6 is 0 Å². The quantitative estimate of drug-likeness (QED) is 0.414. The average Bonchev–Trinajstić information content (AvgIpc) is 3.41. The van der Waals surface area contributed by atoms with Crippen molar-refractivity contribution in [2.75, 3.05) is 13.1 Å². The predicted molar refractivity (Wildman–Crippen MR) is 123 cm³/mol. The number of H-pyrrole nitrogens is 2. The minimum absolute atomic E-state index is 0.330. The molecular weight excluding hydrogens is 405 g/mol. The molecule has 1 saturated heterocycles. The summed E-state index contributed by atoms with van der Waals surface area (Å²) in [4.78, 5) is 17.2. The highest BCUT2D eigenvalue weighted by atomic mass is 19.1. The lowest BCUT2D eigenvalue weighted by atomic mass is 9.93. The number of nitrogens with zero attached hydrogens (tertiary/aromatic N) is 4. The standard InChI is InChI=1S/C24H24FN7/c1-3-27-22(16-5-4-6-17(25)11-16)21-14(2)29-24(30-21)23-18-12-19(15-7-9-26-10-8-15)28-13-20(18)31-32-23/h3-6,11-13,15,26H,1,7-10H2,2H3,(H,29,30)(H,31,32). The summed E-state index contributed by atoms with van der Waals surface area (Å²) < 4.78 is 13.8. The zero-order valence-electron chi connectivity index (χ0n) is 17.8. The summed E-state index contributed by atoms with van der Waals surface area (Å²) >= 11 is 0. The van der Waals surface area contributed by atoms with Crippen LogP contribution < -0.4 is 5.32 Å². The van der Waals surface area contributed by atoms with Crippen LogP contribution in [0.25, 0.3) is 22.4 Å². The summed E-state index contributed by atoms with van der Waals surface area (Å²) in [5.41, 5.74) is 5.30. The maximum atomic E-state index is 13.8. The van der Waals surface area contributed by atoms with Gasteiger partial charge in [0.15, 0.2) is 5.82 Å². The normalized spacial score (nSPS) is 15.4. The first-order valence-corrected chi connectivity index (χ1v) is 10.7. The SMILES string of the molecule is C=CN=C(c1cccc(F)c1)c1nc(-c2n[nH]c3cnc(C4CCNCC4)cc23)[nH]c1C. The van der Waals surface area contributed by atoms with Gasteiger partial charge in [-0.1, -0.05) is 18.7 Å². The fourth-order valence-corrected chi connectivity index (χ4v) is 4.26. The number of aromatic nitrogens is 5. The van der Waals surface area contributed by atoms with Crippen LogP contribution in [-0.2, 0) is 0 Å². The molecule has 1 aliphatic rings. The molecule has 1 aliphatic heterocycles. The van der Waals surface area contributed by atoms with E-state index < -0.39 is 0 Å². The first-order chi connectivity index (χ1) is 15.6. The Morgan fingerprint density at radius 3 is 2.88 bits per heavy atom. The van der Waals surface area contributed by atoms with E-state index in [1.807, 2.05) is 13.1 Å². The Morgan fingerprint density at radius 1 is 1.25 bits per heavy atom. The van der Waals surface area contributed by atoms with Crippen molar-refractivity contribution in [1.82, 2.24) is 30.5 Å². The highest BCUT2D eigenvalue weighted by molar-refractivity contribution is 6.13. The Kier molecular flexibility index (Phi) is 5.36. The number of piperidine rings is 1. The van der Waals surface area contributed by atoms with Gasteiger partial charge < -0.3 is 10.3 Å². The van der Waals surface area contributed by atoms with E-state index in [0.29, 0.717) is 28.7 Å². The van der Waals surface area contributed by atoms with E-state index in [-0.39, 0.29) is 5.82 Å². The zero-order chi connectivity index (χ0) is 22.1. The van der Waals surface area contributed by atoms with Crippen molar-refractivity contribution in [3.05, 3.63) is 77.8 Å². The number of aromatic amines is 2. The van der Waals surface area contributed by atoms with Gasteiger partial charge in [0, 0.05) is 34.5 Å². The molecule has 32 heavy (non-hydrogen) atoms. The first-order valence-electron chi connectivity index (χ1n) is 10.7. The van der Waals surface area contributed by atoms with E-state index in [9.17, 15) is 4.39 Å². The van der Waals surface area contributed by atoms with Crippen molar-refractivity contribution in [1.29, 1.82) is 0 Å². The van der Waals surface area contributed by atoms with Crippen molar-refractivity contribution in [3.8, 4) is 11.5 Å². The summed E-state index contributed by atoms with van der Waals surface area (Å²) in [6.45, 7) is 7.64. The van der Waals surface area contributed by atoms with Gasteiger partial charge in [-0.25, -0.2) is 9.37 Å². The molecule has 0 saturated carbocycles. The number of aryl methyl sites for hydroxylation is 1. The van der Waals surface area contributed by atoms with Crippen molar-refractivity contribution in [3.63, 3.8) is 0 Å². The van der Waals surface area contributed by atoms with E-state index in [2.05, 4.69) is 43.1 Å². The van der Waals surface area contributed by atoms with E-state index in [1.54, 1.807) is 12.1 Å². The van der Waals surface area contributed by atoms with Gasteiger partial charge in [0.2, 0.25) is 0 Å². The summed E-state index contributed by atoms with van der Waals surface area (Å²) in [6, 6.07) is 8.43. The van der Waals surface area contributed by atoms with Crippen molar-refractivity contribution >= 4 is 16.6 Å². The molecule has 1 aromatic carbocycles. The van der Waals surface area contributed by atoms with Crippen LogP contribution in [0.1, 0.15) is 41.4 Å². The zero-order valence-corrected chi connectivity index (χ0v) is 17.8. The summed E-state index contributed by atoms with van der Waals surface area (Å²) in [7, 11) is 0. The third-order valence-corrected chi connectivity index (χ3v) is 5.88. The third kappa shape index (κ3) is 3.73. The molecule has 5 rings (SSSR count). The van der Waals surface area contributed by atoms with Crippen LogP contribution in [0.4, 0.5) is 4.39 Å². The minimum Gasteiger partial charge on any atom is -0.340 e. The Balaban J connectivity index is 1.57. The van der Waals surface area contributed by atoms with Crippen LogP contribution in [-0.4, -0.2) is 44.0 Å². The minimum atomic E-state index is -0.330. The van der Waals surface area contributed by atoms with Crippen LogP contribution in [0.2, 0.25) is 0 Å². The Bertz CT molecular complexity index is 1310. The number of imidazole rings is 1. The average molecular weight is 430 g/mol. The molecular formula is C24H24FN7. The second-order valence-corrected chi connectivity index (χ2v) is 7.98. The molecule has 4 heterocycles. The van der Waals surface area contributed by atoms with Gasteiger partial charge >= 0.3 is 0 Å². The number of hydrogen-bond acceptors (Lipinski definition) is 5. The van der Waals surface area contributed by atoms with Gasteiger partial charge in [-0.05, 0) is 51.1 Å². The second kappa shape index (κ2) is 8.47. The lowest BCUT2D eigenvalue weighted by molar-refractivity contribution is 0.453. The summed E-state index contributed by atoms with van der Waals surface area (Å²) in [5, 5.41) is 11.9. The number of fused-ring (bicyclic) bond motifs is 1. The number of pyridine rings is 1. The van der Waals surface area contributed by atoms with Crippen molar-refractivity contribution < 1.29 is 4.39 Å². The third-order valence-electron chi connectivity index (χ3n) is 5.88. The second-order valence-electron chi connectivity index (χ2n) is 7.98. The predicted octanol–water partition coefficient (Wildman–Crippen LogP) is 4.24. The molecule has 162 valence electrons. The van der Waals surface area contributed by atoms with Gasteiger partial charge in [0.05, 0.1) is 17.4 Å². The maximum absolute atomic E-state index is 13.8. The molecule has 0 unspecified atom stereocenters. The number of nitrogens with one attached hydrogen (secondary N) is 3. The number of rotatable bonds is 5. The molecule has 7 nitrogen and oxygen atoms in total. The number of aliphatic imine (C=N–C) groups is 1. The monoisotopic (exact) mass is 429 g/mol. The largest absolute Gasteiger partial charge is 0.340 e. The van der Waals surface area contributed by atoms with Crippen molar-refractivity contribution in [2.45, 2.75) is 25.7 Å². The molecule has 1 fully saturated rings. The Labute approximate surface area is 184 Å². The topological polar surface area (TPSA) is 94.6 Å². The smallest absolute Gasteiger partial charge is 0.159 e. The molecule has 0 amide bonds. The fraction of sp³-hybridized carbons (Fsp3) is 0.250. The Morgan fingerprint density at radius 2 is 2.09 bits per heavy atom.